The second kappa shape index (κ2) is 16.2. The summed E-state index contributed by atoms with van der Waals surface area (Å²) in [5.41, 5.74) is 1.69. The summed E-state index contributed by atoms with van der Waals surface area (Å²) >= 11 is 0. The molecule has 48 heavy (non-hydrogen) atoms. The lowest BCUT2D eigenvalue weighted by molar-refractivity contribution is -0.0277. The molecule has 4 aromatic rings. The highest BCUT2D eigenvalue weighted by Gasteiger charge is 2.38. The molecule has 1 saturated carbocycles. The highest BCUT2D eigenvalue weighted by Crippen LogP contribution is 2.40. The molecule has 1 atom stereocenters. The first kappa shape index (κ1) is 36.5. The molecule has 0 radical (unpaired) electrons. The van der Waals surface area contributed by atoms with E-state index in [1.54, 1.807) is 45.9 Å². The van der Waals surface area contributed by atoms with E-state index >= 15 is 0 Å². The van der Waals surface area contributed by atoms with E-state index in [1.807, 2.05) is 43.3 Å². The average molecular weight is 662 g/mol. The van der Waals surface area contributed by atoms with Crippen LogP contribution in [0.15, 0.2) is 52.1 Å². The minimum Gasteiger partial charge on any atom is -0.497 e. The molecular weight excluding hydrogens is 610 g/mol. The molecule has 1 fully saturated rings. The van der Waals surface area contributed by atoms with Crippen molar-refractivity contribution < 1.29 is 19.3 Å². The highest BCUT2D eigenvalue weighted by atomic mass is 16.5. The Kier molecular flexibility index (Phi) is 12.3. The SMILES string of the molecule is CCn1c(=O)c2c(nc(/C=C/c3ccc(OC)c(OC)c3)n2C)n(CC)c1=O.COc1ccc(C(CN(C)C)C2(O)CCCCC2)cc1. The van der Waals surface area contributed by atoms with Crippen molar-refractivity contribution >= 4 is 23.3 Å². The number of rotatable bonds is 11. The van der Waals surface area contributed by atoms with Gasteiger partial charge < -0.3 is 28.8 Å². The summed E-state index contributed by atoms with van der Waals surface area (Å²) in [5.74, 6) is 2.89. The third-order valence-corrected chi connectivity index (χ3v) is 9.18. The topological polar surface area (TPSA) is 113 Å². The zero-order valence-electron chi connectivity index (χ0n) is 29.7. The molecule has 1 aliphatic rings. The second-order valence-electron chi connectivity index (χ2n) is 12.5. The normalized spacial score (nSPS) is 15.0. The fourth-order valence-electron chi connectivity index (χ4n) is 6.52. The van der Waals surface area contributed by atoms with Gasteiger partial charge in [0.05, 0.1) is 26.9 Å². The van der Waals surface area contributed by atoms with E-state index < -0.39 is 5.60 Å². The number of nitrogens with zero attached hydrogens (tertiary/aromatic N) is 5. The van der Waals surface area contributed by atoms with Gasteiger partial charge in [0.15, 0.2) is 22.7 Å². The Balaban J connectivity index is 0.000000229. The first-order valence-electron chi connectivity index (χ1n) is 16.6. The van der Waals surface area contributed by atoms with Crippen LogP contribution < -0.4 is 25.5 Å². The predicted molar refractivity (Wildman–Crippen MR) is 191 cm³/mol. The van der Waals surface area contributed by atoms with Gasteiger partial charge in [-0.2, -0.15) is 0 Å². The number of imidazole rings is 1. The number of ether oxygens (including phenoxy) is 3. The smallest absolute Gasteiger partial charge is 0.332 e. The van der Waals surface area contributed by atoms with E-state index in [0.717, 1.165) is 43.5 Å². The van der Waals surface area contributed by atoms with Gasteiger partial charge in [-0.05, 0) is 82.3 Å². The molecule has 0 aliphatic heterocycles. The van der Waals surface area contributed by atoms with Crippen LogP contribution in [0.3, 0.4) is 0 Å². The van der Waals surface area contributed by atoms with Crippen molar-refractivity contribution in [3.8, 4) is 17.2 Å². The van der Waals surface area contributed by atoms with Gasteiger partial charge in [-0.15, -0.1) is 0 Å². The van der Waals surface area contributed by atoms with Crippen LogP contribution in [0.2, 0.25) is 0 Å². The van der Waals surface area contributed by atoms with Gasteiger partial charge in [0.25, 0.3) is 5.56 Å². The van der Waals surface area contributed by atoms with Crippen LogP contribution in [-0.2, 0) is 20.1 Å². The third kappa shape index (κ3) is 7.85. The Morgan fingerprint density at radius 1 is 0.896 bits per heavy atom. The fraction of sp³-hybridized carbons (Fsp3) is 0.486. The molecule has 2 aromatic heterocycles. The first-order valence-corrected chi connectivity index (χ1v) is 16.6. The van der Waals surface area contributed by atoms with Crippen LogP contribution in [-0.4, -0.2) is 76.3 Å². The summed E-state index contributed by atoms with van der Waals surface area (Å²) < 4.78 is 20.3. The number of hydrogen-bond donors (Lipinski definition) is 1. The molecule has 1 unspecified atom stereocenters. The van der Waals surface area contributed by atoms with E-state index in [9.17, 15) is 14.7 Å². The van der Waals surface area contributed by atoms with Crippen molar-refractivity contribution in [2.24, 2.45) is 7.05 Å². The van der Waals surface area contributed by atoms with E-state index in [1.165, 1.54) is 21.1 Å². The van der Waals surface area contributed by atoms with Crippen molar-refractivity contribution in [2.45, 2.75) is 70.6 Å². The fourth-order valence-corrected chi connectivity index (χ4v) is 6.52. The Hall–Kier alpha value is -4.35. The summed E-state index contributed by atoms with van der Waals surface area (Å²) in [5, 5.41) is 11.1. The Labute approximate surface area is 283 Å². The molecule has 1 aliphatic carbocycles. The molecule has 11 nitrogen and oxygen atoms in total. The zero-order valence-corrected chi connectivity index (χ0v) is 29.7. The number of hydrogen-bond acceptors (Lipinski definition) is 8. The monoisotopic (exact) mass is 661 g/mol. The van der Waals surface area contributed by atoms with Gasteiger partial charge in [-0.25, -0.2) is 9.78 Å². The van der Waals surface area contributed by atoms with Crippen molar-refractivity contribution in [3.63, 3.8) is 0 Å². The summed E-state index contributed by atoms with van der Waals surface area (Å²) in [7, 11) is 10.8. The maximum absolute atomic E-state index is 12.7. The Morgan fingerprint density at radius 3 is 2.10 bits per heavy atom. The van der Waals surface area contributed by atoms with Crippen molar-refractivity contribution in [2.75, 3.05) is 42.0 Å². The number of aliphatic hydroxyl groups is 1. The Morgan fingerprint density at radius 2 is 1.54 bits per heavy atom. The second-order valence-corrected chi connectivity index (χ2v) is 12.5. The molecule has 2 heterocycles. The zero-order chi connectivity index (χ0) is 35.0. The largest absolute Gasteiger partial charge is 0.497 e. The molecule has 0 bridgehead atoms. The van der Waals surface area contributed by atoms with Crippen molar-refractivity contribution in [1.82, 2.24) is 23.6 Å². The van der Waals surface area contributed by atoms with E-state index in [4.69, 9.17) is 14.2 Å². The number of benzene rings is 2. The number of likely N-dealkylation sites (N-methyl/N-ethyl adjacent to an activating group) is 1. The first-order chi connectivity index (χ1) is 23.0. The molecule has 11 heteroatoms. The minimum atomic E-state index is -0.558. The van der Waals surface area contributed by atoms with Gasteiger partial charge >= 0.3 is 5.69 Å². The maximum Gasteiger partial charge on any atom is 0.332 e. The molecule has 2 aromatic carbocycles. The highest BCUT2D eigenvalue weighted by molar-refractivity contribution is 5.77. The number of aryl methyl sites for hydroxylation is 2. The van der Waals surface area contributed by atoms with E-state index in [0.29, 0.717) is 41.6 Å². The third-order valence-electron chi connectivity index (χ3n) is 9.18. The van der Waals surface area contributed by atoms with Gasteiger partial charge in [0.2, 0.25) is 0 Å². The van der Waals surface area contributed by atoms with Crippen LogP contribution in [0.5, 0.6) is 17.2 Å². The van der Waals surface area contributed by atoms with E-state index in [-0.39, 0.29) is 17.2 Å². The van der Waals surface area contributed by atoms with Gasteiger partial charge in [0, 0.05) is 32.6 Å². The predicted octanol–water partition coefficient (Wildman–Crippen LogP) is 5.16. The van der Waals surface area contributed by atoms with Crippen molar-refractivity contribution in [3.05, 3.63) is 80.3 Å². The lowest BCUT2D eigenvalue weighted by Crippen LogP contribution is -2.42. The van der Waals surface area contributed by atoms with Crippen LogP contribution >= 0.6 is 0 Å². The van der Waals surface area contributed by atoms with Crippen LogP contribution in [0.4, 0.5) is 0 Å². The number of fused-ring (bicyclic) bond motifs is 1. The average Bonchev–Trinajstić information content (AvgIpc) is 3.42. The molecule has 0 amide bonds. The molecular formula is C37H51N5O6. The van der Waals surface area contributed by atoms with Crippen LogP contribution in [0, 0.1) is 0 Å². The van der Waals surface area contributed by atoms with Gasteiger partial charge in [-0.3, -0.25) is 13.9 Å². The Bertz CT molecular complexity index is 1810. The molecule has 1 N–H and O–H groups in total. The van der Waals surface area contributed by atoms with Crippen molar-refractivity contribution in [1.29, 1.82) is 0 Å². The number of methoxy groups -OCH3 is 3. The summed E-state index contributed by atoms with van der Waals surface area (Å²) in [4.78, 5) is 32.0. The lowest BCUT2D eigenvalue weighted by Gasteiger charge is -2.40. The van der Waals surface area contributed by atoms with E-state index in [2.05, 4.69) is 36.1 Å². The van der Waals surface area contributed by atoms with Crippen LogP contribution in [0.1, 0.15) is 68.8 Å². The maximum atomic E-state index is 12.7. The van der Waals surface area contributed by atoms with Gasteiger partial charge in [-0.1, -0.05) is 43.5 Å². The van der Waals surface area contributed by atoms with Gasteiger partial charge in [0.1, 0.15) is 11.6 Å². The molecule has 5 rings (SSSR count). The molecule has 0 saturated heterocycles. The molecule has 0 spiro atoms. The quantitative estimate of drug-likeness (QED) is 0.235. The standard InChI is InChI=1S/C20H24N4O4.C17H27NO2/c1-6-23-18-17(19(25)24(7-2)20(23)26)22(3)16(21-18)11-9-13-8-10-14(27-4)15(12-13)28-5;1-18(2)13-16(17(19)11-5-4-6-12-17)14-7-9-15(20-3)10-8-14/h8-12H,6-7H2,1-5H3;7-10,16,19H,4-6,11-13H2,1-3H3/b11-9+;. The summed E-state index contributed by atoms with van der Waals surface area (Å²) in [6.07, 6.45) is 9.03. The lowest BCUT2D eigenvalue weighted by atomic mass is 9.72. The molecule has 260 valence electrons. The summed E-state index contributed by atoms with van der Waals surface area (Å²) in [6, 6.07) is 13.7. The van der Waals surface area contributed by atoms with Crippen LogP contribution in [0.25, 0.3) is 23.3 Å². The minimum absolute atomic E-state index is 0.170. The number of aromatic nitrogens is 4. The summed E-state index contributed by atoms with van der Waals surface area (Å²) in [6.45, 7) is 5.27.